The smallest absolute Gasteiger partial charge is 0.343 e. The van der Waals surface area contributed by atoms with Gasteiger partial charge in [0.15, 0.2) is 5.78 Å². The second kappa shape index (κ2) is 7.53. The molecular weight excluding hydrogens is 232 g/mol. The van der Waals surface area contributed by atoms with Gasteiger partial charge in [-0.2, -0.15) is 0 Å². The fourth-order valence-electron chi connectivity index (χ4n) is 1.31. The first kappa shape index (κ1) is 16.2. The lowest BCUT2D eigenvalue weighted by atomic mass is 10.1. The Labute approximate surface area is 109 Å². The van der Waals surface area contributed by atoms with Crippen molar-refractivity contribution in [1.82, 2.24) is 9.80 Å². The zero-order chi connectivity index (χ0) is 14.3. The number of hydrogen-bond acceptors (Lipinski definition) is 5. The highest BCUT2D eigenvalue weighted by molar-refractivity contribution is 6.17. The largest absolute Gasteiger partial charge is 0.462 e. The molecule has 0 aromatic rings. The van der Waals surface area contributed by atoms with E-state index in [1.807, 2.05) is 19.0 Å². The Morgan fingerprint density at radius 2 is 1.72 bits per heavy atom. The van der Waals surface area contributed by atoms with Crippen molar-refractivity contribution in [2.75, 3.05) is 34.8 Å². The van der Waals surface area contributed by atoms with Gasteiger partial charge in [-0.25, -0.2) is 4.79 Å². The third kappa shape index (κ3) is 5.03. The summed E-state index contributed by atoms with van der Waals surface area (Å²) in [6.07, 6.45) is 3.49. The monoisotopic (exact) mass is 254 g/mol. The van der Waals surface area contributed by atoms with Crippen LogP contribution in [0.4, 0.5) is 0 Å². The zero-order valence-corrected chi connectivity index (χ0v) is 12.0. The van der Waals surface area contributed by atoms with E-state index in [1.165, 1.54) is 6.92 Å². The van der Waals surface area contributed by atoms with Crippen molar-refractivity contribution < 1.29 is 14.3 Å². The first-order chi connectivity index (χ1) is 8.31. The molecule has 0 amide bonds. The van der Waals surface area contributed by atoms with E-state index >= 15 is 0 Å². The van der Waals surface area contributed by atoms with Gasteiger partial charge < -0.3 is 14.5 Å². The molecule has 5 heteroatoms. The van der Waals surface area contributed by atoms with Crippen molar-refractivity contribution in [3.05, 3.63) is 23.5 Å². The molecule has 0 aromatic heterocycles. The summed E-state index contributed by atoms with van der Waals surface area (Å²) in [5.41, 5.74) is 0.606. The number of hydrogen-bond donors (Lipinski definition) is 0. The lowest BCUT2D eigenvalue weighted by Gasteiger charge is -2.18. The summed E-state index contributed by atoms with van der Waals surface area (Å²) in [7, 11) is 7.28. The van der Waals surface area contributed by atoms with Crippen LogP contribution in [0.2, 0.25) is 0 Å². The van der Waals surface area contributed by atoms with Crippen molar-refractivity contribution in [3.8, 4) is 0 Å². The predicted octanol–water partition coefficient (Wildman–Crippen LogP) is 1.03. The summed E-state index contributed by atoms with van der Waals surface area (Å²) in [6, 6.07) is 0. The molecule has 0 unspecified atom stereocenters. The highest BCUT2D eigenvalue weighted by atomic mass is 16.5. The quantitative estimate of drug-likeness (QED) is 0.233. The molecule has 0 bridgehead atoms. The average Bonchev–Trinajstić information content (AvgIpc) is 2.22. The number of rotatable bonds is 6. The molecule has 0 rings (SSSR count). The van der Waals surface area contributed by atoms with Crippen LogP contribution in [0.25, 0.3) is 0 Å². The van der Waals surface area contributed by atoms with Gasteiger partial charge in [-0.15, -0.1) is 0 Å². The standard InChI is InChI=1S/C13H22N2O3/c1-7-18-13(17)12(10(2)16)11(15(5)6)8-9-14(3)4/h8-9H,7H2,1-6H3. The van der Waals surface area contributed by atoms with Crippen LogP contribution >= 0.6 is 0 Å². The van der Waals surface area contributed by atoms with Crippen molar-refractivity contribution >= 4 is 11.8 Å². The van der Waals surface area contributed by atoms with Crippen LogP contribution in [0.5, 0.6) is 0 Å². The van der Waals surface area contributed by atoms with Crippen LogP contribution in [0.15, 0.2) is 23.5 Å². The van der Waals surface area contributed by atoms with E-state index in [1.54, 1.807) is 38.2 Å². The number of likely N-dealkylation sites (N-methyl/N-ethyl adjacent to an activating group) is 1. The summed E-state index contributed by atoms with van der Waals surface area (Å²) < 4.78 is 4.91. The molecule has 0 radical (unpaired) electrons. The molecule has 0 N–H and O–H groups in total. The molecule has 102 valence electrons. The zero-order valence-electron chi connectivity index (χ0n) is 12.0. The Kier molecular flexibility index (Phi) is 6.78. The normalized spacial score (nSPS) is 12.1. The van der Waals surface area contributed by atoms with Gasteiger partial charge in [0, 0.05) is 34.4 Å². The Morgan fingerprint density at radius 1 is 1.17 bits per heavy atom. The molecule has 0 saturated heterocycles. The second-order valence-corrected chi connectivity index (χ2v) is 4.21. The molecular formula is C13H22N2O3. The van der Waals surface area contributed by atoms with Gasteiger partial charge in [0.25, 0.3) is 0 Å². The van der Waals surface area contributed by atoms with E-state index < -0.39 is 5.97 Å². The highest BCUT2D eigenvalue weighted by Crippen LogP contribution is 2.12. The number of nitrogens with zero attached hydrogens (tertiary/aromatic N) is 2. The van der Waals surface area contributed by atoms with Crippen LogP contribution in [0.1, 0.15) is 13.8 Å². The molecule has 0 fully saturated rings. The Morgan fingerprint density at radius 3 is 2.06 bits per heavy atom. The van der Waals surface area contributed by atoms with E-state index in [-0.39, 0.29) is 18.0 Å². The molecule has 18 heavy (non-hydrogen) atoms. The maximum absolute atomic E-state index is 11.8. The maximum atomic E-state index is 11.8. The predicted molar refractivity (Wildman–Crippen MR) is 70.9 cm³/mol. The van der Waals surface area contributed by atoms with Crippen LogP contribution in [-0.4, -0.2) is 56.3 Å². The molecule has 0 atom stereocenters. The Balaban J connectivity index is 5.58. The first-order valence-electron chi connectivity index (χ1n) is 5.75. The fraction of sp³-hybridized carbons (Fsp3) is 0.538. The average molecular weight is 254 g/mol. The van der Waals surface area contributed by atoms with Crippen LogP contribution in [0.3, 0.4) is 0 Å². The molecule has 0 saturated carbocycles. The van der Waals surface area contributed by atoms with E-state index in [9.17, 15) is 9.59 Å². The number of esters is 1. The number of allylic oxidation sites excluding steroid dienone is 1. The van der Waals surface area contributed by atoms with E-state index in [0.29, 0.717) is 5.70 Å². The number of ether oxygens (including phenoxy) is 1. The molecule has 0 aliphatic heterocycles. The summed E-state index contributed by atoms with van der Waals surface area (Å²) in [6.45, 7) is 3.31. The molecule has 0 spiro atoms. The number of Topliss-reactive ketones (excluding diaryl/α,β-unsaturated/α-hetero) is 1. The van der Waals surface area contributed by atoms with E-state index in [0.717, 1.165) is 0 Å². The summed E-state index contributed by atoms with van der Waals surface area (Å²) in [5, 5.41) is 0. The molecule has 5 nitrogen and oxygen atoms in total. The third-order valence-corrected chi connectivity index (χ3v) is 2.10. The summed E-state index contributed by atoms with van der Waals surface area (Å²) >= 11 is 0. The number of carbonyl (C=O) groups excluding carboxylic acids is 2. The van der Waals surface area contributed by atoms with Crippen LogP contribution < -0.4 is 0 Å². The molecule has 0 aromatic carbocycles. The minimum absolute atomic E-state index is 0.0694. The molecule has 0 aliphatic rings. The van der Waals surface area contributed by atoms with Gasteiger partial charge in [-0.05, 0) is 19.9 Å². The van der Waals surface area contributed by atoms with Crippen LogP contribution in [-0.2, 0) is 14.3 Å². The highest BCUT2D eigenvalue weighted by Gasteiger charge is 2.21. The van der Waals surface area contributed by atoms with Gasteiger partial charge >= 0.3 is 5.97 Å². The lowest BCUT2D eigenvalue weighted by molar-refractivity contribution is -0.140. The van der Waals surface area contributed by atoms with Crippen molar-refractivity contribution in [2.45, 2.75) is 13.8 Å². The lowest BCUT2D eigenvalue weighted by Crippen LogP contribution is -2.22. The third-order valence-electron chi connectivity index (χ3n) is 2.10. The maximum Gasteiger partial charge on any atom is 0.343 e. The van der Waals surface area contributed by atoms with Gasteiger partial charge in [0.1, 0.15) is 5.57 Å². The number of ketones is 1. The van der Waals surface area contributed by atoms with E-state index in [4.69, 9.17) is 4.74 Å². The van der Waals surface area contributed by atoms with Crippen molar-refractivity contribution in [1.29, 1.82) is 0 Å². The van der Waals surface area contributed by atoms with Gasteiger partial charge in [-0.1, -0.05) is 0 Å². The van der Waals surface area contributed by atoms with Gasteiger partial charge in [0.2, 0.25) is 0 Å². The van der Waals surface area contributed by atoms with Gasteiger partial charge in [-0.3, -0.25) is 4.79 Å². The fourth-order valence-corrected chi connectivity index (χ4v) is 1.31. The number of carbonyl (C=O) groups is 2. The summed E-state index contributed by atoms with van der Waals surface area (Å²) in [4.78, 5) is 27.0. The van der Waals surface area contributed by atoms with Crippen LogP contribution in [0, 0.1) is 0 Å². The topological polar surface area (TPSA) is 49.9 Å². The van der Waals surface area contributed by atoms with Crippen molar-refractivity contribution in [3.63, 3.8) is 0 Å². The SMILES string of the molecule is CCOC(=O)C(C(C)=O)=C(C=CN(C)C)N(C)C. The van der Waals surface area contributed by atoms with E-state index in [2.05, 4.69) is 0 Å². The Hall–Kier alpha value is -1.78. The first-order valence-corrected chi connectivity index (χ1v) is 5.75. The van der Waals surface area contributed by atoms with Crippen molar-refractivity contribution in [2.24, 2.45) is 0 Å². The second-order valence-electron chi connectivity index (χ2n) is 4.21. The molecule has 0 aliphatic carbocycles. The minimum atomic E-state index is -0.586. The molecule has 0 heterocycles. The Bertz CT molecular complexity index is 368. The van der Waals surface area contributed by atoms with Gasteiger partial charge in [0.05, 0.1) is 12.3 Å². The minimum Gasteiger partial charge on any atom is -0.462 e. The summed E-state index contributed by atoms with van der Waals surface area (Å²) in [5.74, 6) is -0.891.